The first-order chi connectivity index (χ1) is 14.5. The molecule has 154 valence electrons. The molecule has 1 atom stereocenters. The average molecular weight is 406 g/mol. The second kappa shape index (κ2) is 7.94. The SMILES string of the molecule is [C-]#[N+]c1cc(-c2nc3c(N[C@H]4CCN(C(=O)CC)C4)ncnc3n2C)cnc1OC. The fourth-order valence-electron chi connectivity index (χ4n) is 3.68. The summed E-state index contributed by atoms with van der Waals surface area (Å²) in [7, 11) is 3.35. The number of methoxy groups -OCH3 is 1. The number of imidazole rings is 1. The Morgan fingerprint density at radius 2 is 2.23 bits per heavy atom. The molecule has 0 aromatic carbocycles. The molecule has 1 N–H and O–H groups in total. The Hall–Kier alpha value is -3.74. The van der Waals surface area contributed by atoms with Crippen LogP contribution in [0.3, 0.4) is 0 Å². The topological polar surface area (TPSA) is 102 Å². The van der Waals surface area contributed by atoms with Crippen LogP contribution in [0.25, 0.3) is 27.4 Å². The van der Waals surface area contributed by atoms with E-state index in [1.165, 1.54) is 13.4 Å². The summed E-state index contributed by atoms with van der Waals surface area (Å²) in [5.41, 5.74) is 2.31. The van der Waals surface area contributed by atoms with E-state index in [-0.39, 0.29) is 17.8 Å². The van der Waals surface area contributed by atoms with Crippen LogP contribution in [0.4, 0.5) is 11.5 Å². The van der Waals surface area contributed by atoms with Gasteiger partial charge < -0.3 is 19.5 Å². The molecule has 10 heteroatoms. The average Bonchev–Trinajstić information content (AvgIpc) is 3.38. The molecule has 0 aliphatic carbocycles. The molecule has 0 bridgehead atoms. The van der Waals surface area contributed by atoms with Crippen molar-refractivity contribution < 1.29 is 9.53 Å². The highest BCUT2D eigenvalue weighted by atomic mass is 16.5. The number of pyridine rings is 1. The quantitative estimate of drug-likeness (QED) is 0.649. The Morgan fingerprint density at radius 3 is 2.97 bits per heavy atom. The van der Waals surface area contributed by atoms with Crippen LogP contribution in [0.15, 0.2) is 18.6 Å². The molecule has 4 heterocycles. The summed E-state index contributed by atoms with van der Waals surface area (Å²) >= 11 is 0. The number of hydrogen-bond donors (Lipinski definition) is 1. The van der Waals surface area contributed by atoms with Gasteiger partial charge in [0.2, 0.25) is 17.5 Å². The normalized spacial score (nSPS) is 15.9. The third kappa shape index (κ3) is 3.39. The summed E-state index contributed by atoms with van der Waals surface area (Å²) in [4.78, 5) is 35.0. The number of carbonyl (C=O) groups is 1. The second-order valence-electron chi connectivity index (χ2n) is 7.08. The van der Waals surface area contributed by atoms with Gasteiger partial charge in [-0.3, -0.25) is 4.79 Å². The van der Waals surface area contributed by atoms with E-state index in [0.29, 0.717) is 47.0 Å². The zero-order valence-electron chi connectivity index (χ0n) is 17.1. The summed E-state index contributed by atoms with van der Waals surface area (Å²) in [5, 5.41) is 3.42. The van der Waals surface area contributed by atoms with Gasteiger partial charge in [-0.15, -0.1) is 0 Å². The first-order valence-corrected chi connectivity index (χ1v) is 9.69. The highest BCUT2D eigenvalue weighted by Crippen LogP contribution is 2.32. The molecular weight excluding hydrogens is 384 g/mol. The van der Waals surface area contributed by atoms with Gasteiger partial charge >= 0.3 is 0 Å². The van der Waals surface area contributed by atoms with E-state index in [0.717, 1.165) is 13.0 Å². The zero-order chi connectivity index (χ0) is 21.3. The van der Waals surface area contributed by atoms with E-state index in [4.69, 9.17) is 16.3 Å². The van der Waals surface area contributed by atoms with Gasteiger partial charge in [0.25, 0.3) is 0 Å². The Morgan fingerprint density at radius 1 is 1.40 bits per heavy atom. The van der Waals surface area contributed by atoms with Crippen LogP contribution in [-0.4, -0.2) is 61.6 Å². The van der Waals surface area contributed by atoms with Gasteiger partial charge in [0.15, 0.2) is 17.0 Å². The third-order valence-electron chi connectivity index (χ3n) is 5.24. The number of hydrogen-bond acceptors (Lipinski definition) is 7. The molecule has 0 saturated carbocycles. The van der Waals surface area contributed by atoms with Crippen molar-refractivity contribution in [3.63, 3.8) is 0 Å². The predicted molar refractivity (Wildman–Crippen MR) is 111 cm³/mol. The number of nitrogens with one attached hydrogen (secondary N) is 1. The van der Waals surface area contributed by atoms with E-state index in [2.05, 4.69) is 25.1 Å². The number of aromatic nitrogens is 5. The number of anilines is 1. The first-order valence-electron chi connectivity index (χ1n) is 9.69. The van der Waals surface area contributed by atoms with Crippen molar-refractivity contribution in [1.29, 1.82) is 0 Å². The van der Waals surface area contributed by atoms with Crippen LogP contribution in [-0.2, 0) is 11.8 Å². The molecule has 30 heavy (non-hydrogen) atoms. The Labute approximate surface area is 173 Å². The summed E-state index contributed by atoms with van der Waals surface area (Å²) < 4.78 is 6.98. The minimum Gasteiger partial charge on any atom is -0.490 e. The maximum atomic E-state index is 11.9. The number of fused-ring (bicyclic) bond motifs is 1. The number of aryl methyl sites for hydroxylation is 1. The lowest BCUT2D eigenvalue weighted by molar-refractivity contribution is -0.129. The Bertz CT molecular complexity index is 1150. The van der Waals surface area contributed by atoms with Gasteiger partial charge in [-0.05, 0) is 12.5 Å². The maximum Gasteiger partial charge on any atom is 0.247 e. The number of carbonyl (C=O) groups excluding carboxylic acids is 1. The van der Waals surface area contributed by atoms with Crippen molar-refractivity contribution in [1.82, 2.24) is 29.4 Å². The molecule has 1 amide bonds. The third-order valence-corrected chi connectivity index (χ3v) is 5.24. The fraction of sp³-hybridized carbons (Fsp3) is 0.400. The Balaban J connectivity index is 1.67. The first kappa shape index (κ1) is 19.6. The maximum absolute atomic E-state index is 11.9. The molecule has 0 unspecified atom stereocenters. The standard InChI is InChI=1S/C20H22N8O2/c1-5-15(29)28-7-6-13(10-28)25-17-16-19(24-11-23-17)27(3)18(26-16)12-8-14(21-2)20(30-4)22-9-12/h8-9,11,13H,5-7,10H2,1,3-4H3,(H,23,24,25)/t13-/m0/s1. The lowest BCUT2D eigenvalue weighted by Gasteiger charge is -2.16. The molecule has 1 fully saturated rings. The number of nitrogens with zero attached hydrogens (tertiary/aromatic N) is 7. The highest BCUT2D eigenvalue weighted by molar-refractivity contribution is 5.87. The zero-order valence-corrected chi connectivity index (χ0v) is 17.1. The van der Waals surface area contributed by atoms with Crippen LogP contribution in [0.2, 0.25) is 0 Å². The number of amides is 1. The van der Waals surface area contributed by atoms with E-state index >= 15 is 0 Å². The molecular formula is C20H22N8O2. The second-order valence-corrected chi connectivity index (χ2v) is 7.08. The fourth-order valence-corrected chi connectivity index (χ4v) is 3.68. The summed E-state index contributed by atoms with van der Waals surface area (Å²) in [5.74, 6) is 1.70. The van der Waals surface area contributed by atoms with Gasteiger partial charge in [-0.1, -0.05) is 6.92 Å². The number of ether oxygens (including phenoxy) is 1. The molecule has 1 saturated heterocycles. The van der Waals surface area contributed by atoms with E-state index in [9.17, 15) is 4.79 Å². The molecule has 3 aromatic rings. The van der Waals surface area contributed by atoms with Gasteiger partial charge in [-0.25, -0.2) is 24.8 Å². The minimum atomic E-state index is 0.112. The minimum absolute atomic E-state index is 0.112. The van der Waals surface area contributed by atoms with Crippen LogP contribution < -0.4 is 10.1 Å². The lowest BCUT2D eigenvalue weighted by atomic mass is 10.2. The lowest BCUT2D eigenvalue weighted by Crippen LogP contribution is -2.31. The molecule has 4 rings (SSSR count). The molecule has 0 radical (unpaired) electrons. The van der Waals surface area contributed by atoms with E-state index in [1.54, 1.807) is 12.3 Å². The summed E-state index contributed by atoms with van der Waals surface area (Å²) in [6.07, 6.45) is 4.49. The number of rotatable bonds is 5. The van der Waals surface area contributed by atoms with Crippen molar-refractivity contribution >= 4 is 28.6 Å². The monoisotopic (exact) mass is 406 g/mol. The van der Waals surface area contributed by atoms with Gasteiger partial charge in [0.05, 0.1) is 13.7 Å². The van der Waals surface area contributed by atoms with Gasteiger partial charge in [0.1, 0.15) is 12.2 Å². The van der Waals surface area contributed by atoms with Crippen molar-refractivity contribution in [2.45, 2.75) is 25.8 Å². The van der Waals surface area contributed by atoms with Crippen LogP contribution in [0, 0.1) is 6.57 Å². The van der Waals surface area contributed by atoms with Crippen molar-refractivity contribution in [3.8, 4) is 17.3 Å². The highest BCUT2D eigenvalue weighted by Gasteiger charge is 2.26. The van der Waals surface area contributed by atoms with Crippen LogP contribution in [0.1, 0.15) is 19.8 Å². The van der Waals surface area contributed by atoms with Crippen molar-refractivity contribution in [2.24, 2.45) is 7.05 Å². The molecule has 3 aromatic heterocycles. The van der Waals surface area contributed by atoms with Crippen molar-refractivity contribution in [3.05, 3.63) is 30.0 Å². The van der Waals surface area contributed by atoms with Gasteiger partial charge in [-0.2, -0.15) is 0 Å². The van der Waals surface area contributed by atoms with Gasteiger partial charge in [0, 0.05) is 44.4 Å². The largest absolute Gasteiger partial charge is 0.490 e. The molecule has 0 spiro atoms. The number of likely N-dealkylation sites (tertiary alicyclic amines) is 1. The van der Waals surface area contributed by atoms with E-state index < -0.39 is 0 Å². The predicted octanol–water partition coefficient (Wildman–Crippen LogP) is 2.41. The molecule has 1 aliphatic rings. The van der Waals surface area contributed by atoms with Crippen LogP contribution >= 0.6 is 0 Å². The smallest absolute Gasteiger partial charge is 0.247 e. The summed E-state index contributed by atoms with van der Waals surface area (Å²) in [6, 6.07) is 1.81. The molecule has 10 nitrogen and oxygen atoms in total. The van der Waals surface area contributed by atoms with Crippen molar-refractivity contribution in [2.75, 3.05) is 25.5 Å². The molecule has 1 aliphatic heterocycles. The summed E-state index contributed by atoms with van der Waals surface area (Å²) in [6.45, 7) is 10.6. The Kier molecular flexibility index (Phi) is 5.18. The van der Waals surface area contributed by atoms with Crippen LogP contribution in [0.5, 0.6) is 5.88 Å². The van der Waals surface area contributed by atoms with E-state index in [1.807, 2.05) is 23.4 Å².